The Morgan fingerprint density at radius 1 is 0.636 bits per heavy atom. The number of rotatable bonds is 0. The molecule has 0 fully saturated rings. The predicted molar refractivity (Wildman–Crippen MR) is 94.8 cm³/mol. The van der Waals surface area contributed by atoms with E-state index in [2.05, 4.69) is 72.4 Å². The van der Waals surface area contributed by atoms with Crippen LogP contribution in [0.15, 0.2) is 48.5 Å². The lowest BCUT2D eigenvalue weighted by Crippen LogP contribution is -2.26. The second-order valence-electron chi connectivity index (χ2n) is 6.20. The van der Waals surface area contributed by atoms with Gasteiger partial charge in [-0.1, -0.05) is 56.0 Å². The van der Waals surface area contributed by atoms with E-state index < -0.39 is 0 Å². The van der Waals surface area contributed by atoms with Crippen LogP contribution >= 0.6 is 0 Å². The van der Waals surface area contributed by atoms with Gasteiger partial charge in [0.05, 0.1) is 0 Å². The van der Waals surface area contributed by atoms with E-state index in [0.29, 0.717) is 0 Å². The monoisotopic (exact) mass is 296 g/mol. The van der Waals surface area contributed by atoms with Gasteiger partial charge in [0.15, 0.2) is 0 Å². The summed E-state index contributed by atoms with van der Waals surface area (Å²) in [4.78, 5) is 4.69. The summed E-state index contributed by atoms with van der Waals surface area (Å²) in [6.07, 6.45) is 1.21. The molecular weight excluding hydrogens is 268 g/mol. The zero-order valence-electron chi connectivity index (χ0n) is 13.0. The van der Waals surface area contributed by atoms with E-state index in [0.717, 1.165) is 19.6 Å². The zero-order chi connectivity index (χ0) is 14.7. The van der Waals surface area contributed by atoms with Crippen LogP contribution in [-0.2, 0) is 26.1 Å². The topological polar surface area (TPSA) is 6.48 Å². The maximum Gasteiger partial charge on any atom is 0.0237 e. The molecule has 0 spiro atoms. The first-order chi connectivity index (χ1) is 10.2. The molecule has 2 aromatic carbocycles. The van der Waals surface area contributed by atoms with Crippen molar-refractivity contribution in [2.75, 3.05) is 20.6 Å². The van der Waals surface area contributed by atoms with E-state index in [4.69, 9.17) is 0 Å². The van der Waals surface area contributed by atoms with E-state index in [-0.39, 0.29) is 7.43 Å². The molecule has 0 saturated heterocycles. The highest BCUT2D eigenvalue weighted by Gasteiger charge is 2.13. The van der Waals surface area contributed by atoms with Gasteiger partial charge in [0.25, 0.3) is 0 Å². The minimum Gasteiger partial charge on any atom is -0.302 e. The molecule has 2 aliphatic heterocycles. The molecule has 118 valence electrons. The molecule has 0 unspecified atom stereocenters. The molecule has 2 heterocycles. The molecule has 0 aromatic heterocycles. The van der Waals surface area contributed by atoms with E-state index in [1.165, 1.54) is 35.2 Å². The van der Waals surface area contributed by atoms with Gasteiger partial charge in [0.1, 0.15) is 0 Å². The maximum absolute atomic E-state index is 2.36. The van der Waals surface area contributed by atoms with Crippen LogP contribution in [0.4, 0.5) is 0 Å². The van der Waals surface area contributed by atoms with Crippen LogP contribution in [0.2, 0.25) is 0 Å². The van der Waals surface area contributed by atoms with Crippen LogP contribution in [0, 0.1) is 0 Å². The number of nitrogens with zero attached hydrogens (tertiary/aromatic N) is 2. The van der Waals surface area contributed by atoms with Crippen molar-refractivity contribution in [3.63, 3.8) is 0 Å². The number of hydrogen-bond donors (Lipinski definition) is 0. The molecular formula is C20H28N2. The second kappa shape index (κ2) is 7.57. The molecule has 2 aromatic rings. The third kappa shape index (κ3) is 3.96. The Morgan fingerprint density at radius 3 is 1.59 bits per heavy atom. The van der Waals surface area contributed by atoms with Crippen LogP contribution in [0.3, 0.4) is 0 Å². The van der Waals surface area contributed by atoms with Gasteiger partial charge in [-0.05, 0) is 42.8 Å². The van der Waals surface area contributed by atoms with Gasteiger partial charge < -0.3 is 4.90 Å². The molecule has 0 saturated carbocycles. The first-order valence-corrected chi connectivity index (χ1v) is 7.73. The number of likely N-dealkylation sites (N-methyl/N-ethyl adjacent to an activating group) is 1. The highest BCUT2D eigenvalue weighted by Crippen LogP contribution is 2.19. The van der Waals surface area contributed by atoms with Crippen molar-refractivity contribution in [2.45, 2.75) is 33.5 Å². The minimum atomic E-state index is 0. The Bertz CT molecular complexity index is 581. The van der Waals surface area contributed by atoms with Crippen molar-refractivity contribution in [2.24, 2.45) is 0 Å². The molecule has 0 bridgehead atoms. The first-order valence-electron chi connectivity index (χ1n) is 7.73. The Hall–Kier alpha value is -1.64. The van der Waals surface area contributed by atoms with Gasteiger partial charge in [-0.25, -0.2) is 0 Å². The van der Waals surface area contributed by atoms with Crippen molar-refractivity contribution < 1.29 is 0 Å². The van der Waals surface area contributed by atoms with Crippen LogP contribution in [0.1, 0.15) is 29.7 Å². The molecule has 22 heavy (non-hydrogen) atoms. The second-order valence-corrected chi connectivity index (χ2v) is 6.20. The predicted octanol–water partition coefficient (Wildman–Crippen LogP) is 3.94. The SMILES string of the molecule is C.CN1CCc2ccccc2C1.CN1Cc2ccccc2C1. The van der Waals surface area contributed by atoms with E-state index in [9.17, 15) is 0 Å². The smallest absolute Gasteiger partial charge is 0.0237 e. The maximum atomic E-state index is 2.36. The van der Waals surface area contributed by atoms with Gasteiger partial charge in [-0.2, -0.15) is 0 Å². The Kier molecular flexibility index (Phi) is 5.76. The lowest BCUT2D eigenvalue weighted by atomic mass is 10.0. The van der Waals surface area contributed by atoms with E-state index in [1.807, 2.05) is 0 Å². The number of benzene rings is 2. The number of hydrogen-bond acceptors (Lipinski definition) is 2. The summed E-state index contributed by atoms with van der Waals surface area (Å²) in [6, 6.07) is 17.4. The van der Waals surface area contributed by atoms with E-state index in [1.54, 1.807) is 0 Å². The molecule has 0 N–H and O–H groups in total. The zero-order valence-corrected chi connectivity index (χ0v) is 13.0. The highest BCUT2D eigenvalue weighted by molar-refractivity contribution is 5.30. The fourth-order valence-electron chi connectivity index (χ4n) is 3.14. The standard InChI is InChI=1S/C10H13N.C9H11N.CH4/c1-11-7-6-9-4-2-3-5-10(9)8-11;1-10-6-8-4-2-3-5-9(8)7-10;/h2-5H,6-8H2,1H3;2-5H,6-7H2,1H3;1H4. The fraction of sp³-hybridized carbons (Fsp3) is 0.400. The molecule has 0 aliphatic carbocycles. The third-order valence-electron chi connectivity index (χ3n) is 4.32. The minimum absolute atomic E-state index is 0. The van der Waals surface area contributed by atoms with Crippen molar-refractivity contribution in [1.82, 2.24) is 9.80 Å². The average Bonchev–Trinajstić information content (AvgIpc) is 2.88. The van der Waals surface area contributed by atoms with Crippen molar-refractivity contribution in [1.29, 1.82) is 0 Å². The summed E-state index contributed by atoms with van der Waals surface area (Å²) in [5.74, 6) is 0. The molecule has 0 radical (unpaired) electrons. The Balaban J connectivity index is 0.000000154. The average molecular weight is 296 g/mol. The van der Waals surface area contributed by atoms with Crippen molar-refractivity contribution in [3.8, 4) is 0 Å². The normalized spacial score (nSPS) is 16.8. The fourth-order valence-corrected chi connectivity index (χ4v) is 3.14. The molecule has 2 nitrogen and oxygen atoms in total. The summed E-state index contributed by atoms with van der Waals surface area (Å²) >= 11 is 0. The van der Waals surface area contributed by atoms with Gasteiger partial charge in [0, 0.05) is 26.2 Å². The molecule has 2 aliphatic rings. The van der Waals surface area contributed by atoms with Crippen molar-refractivity contribution >= 4 is 0 Å². The summed E-state index contributed by atoms with van der Waals surface area (Å²) in [5.41, 5.74) is 6.02. The summed E-state index contributed by atoms with van der Waals surface area (Å²) in [7, 11) is 4.33. The van der Waals surface area contributed by atoms with Crippen molar-refractivity contribution in [3.05, 3.63) is 70.8 Å². The Labute approximate surface area is 135 Å². The molecule has 0 atom stereocenters. The van der Waals surface area contributed by atoms with Gasteiger partial charge in [0.2, 0.25) is 0 Å². The summed E-state index contributed by atoms with van der Waals surface area (Å²) < 4.78 is 0. The highest BCUT2D eigenvalue weighted by atomic mass is 15.1. The summed E-state index contributed by atoms with van der Waals surface area (Å²) in [6.45, 7) is 4.57. The molecule has 4 rings (SSSR count). The van der Waals surface area contributed by atoms with Gasteiger partial charge in [-0.15, -0.1) is 0 Å². The molecule has 2 heteroatoms. The van der Waals surface area contributed by atoms with Crippen LogP contribution in [0.25, 0.3) is 0 Å². The van der Waals surface area contributed by atoms with E-state index >= 15 is 0 Å². The van der Waals surface area contributed by atoms with Crippen LogP contribution in [0.5, 0.6) is 0 Å². The van der Waals surface area contributed by atoms with Crippen LogP contribution < -0.4 is 0 Å². The first kappa shape index (κ1) is 16.7. The number of fused-ring (bicyclic) bond motifs is 2. The largest absolute Gasteiger partial charge is 0.302 e. The van der Waals surface area contributed by atoms with Crippen LogP contribution in [-0.4, -0.2) is 30.4 Å². The van der Waals surface area contributed by atoms with Gasteiger partial charge in [-0.3, -0.25) is 4.90 Å². The third-order valence-corrected chi connectivity index (χ3v) is 4.32. The lowest BCUT2D eigenvalue weighted by Gasteiger charge is -2.24. The van der Waals surface area contributed by atoms with Gasteiger partial charge >= 0.3 is 0 Å². The Morgan fingerprint density at radius 2 is 1.05 bits per heavy atom. The quantitative estimate of drug-likeness (QED) is 0.726. The summed E-state index contributed by atoms with van der Waals surface area (Å²) in [5, 5.41) is 0. The molecule has 0 amide bonds. The lowest BCUT2D eigenvalue weighted by molar-refractivity contribution is 0.313.